The Bertz CT molecular complexity index is 992. The molecule has 1 aliphatic heterocycles. The Labute approximate surface area is 154 Å². The van der Waals surface area contributed by atoms with E-state index in [1.54, 1.807) is 11.8 Å². The predicted octanol–water partition coefficient (Wildman–Crippen LogP) is 5.63. The molecule has 0 radical (unpaired) electrons. The Hall–Kier alpha value is -2.43. The van der Waals surface area contributed by atoms with Gasteiger partial charge in [0.15, 0.2) is 5.76 Å². The molecule has 0 unspecified atom stereocenters. The number of aromatic nitrogens is 1. The molecule has 0 aliphatic carbocycles. The van der Waals surface area contributed by atoms with E-state index < -0.39 is 0 Å². The van der Waals surface area contributed by atoms with E-state index in [0.717, 1.165) is 26.7 Å². The topological polar surface area (TPSA) is 31.2 Å². The molecule has 124 valence electrons. The zero-order chi connectivity index (χ0) is 17.4. The fourth-order valence-corrected chi connectivity index (χ4v) is 4.25. The van der Waals surface area contributed by atoms with Crippen molar-refractivity contribution in [1.29, 1.82) is 0 Å². The van der Waals surface area contributed by atoms with Gasteiger partial charge in [0, 0.05) is 23.0 Å². The molecule has 1 aliphatic rings. The maximum absolute atomic E-state index is 11.8. The van der Waals surface area contributed by atoms with Crippen LogP contribution >= 0.6 is 23.4 Å². The largest absolute Gasteiger partial charge is 0.423 e. The van der Waals surface area contributed by atoms with Gasteiger partial charge >= 0.3 is 5.97 Å². The second-order valence-electron chi connectivity index (χ2n) is 5.60. The van der Waals surface area contributed by atoms with Crippen LogP contribution in [-0.4, -0.2) is 10.5 Å². The highest BCUT2D eigenvalue weighted by atomic mass is 35.5. The molecule has 0 N–H and O–H groups in total. The summed E-state index contributed by atoms with van der Waals surface area (Å²) in [6.45, 7) is 1.42. The van der Waals surface area contributed by atoms with E-state index in [-0.39, 0.29) is 5.97 Å². The van der Waals surface area contributed by atoms with Crippen LogP contribution in [0.15, 0.2) is 71.8 Å². The molecule has 2 heterocycles. The van der Waals surface area contributed by atoms with Crippen LogP contribution in [0.3, 0.4) is 0 Å². The molecule has 0 spiro atoms. The molecule has 0 atom stereocenters. The normalized spacial score (nSPS) is 13.0. The van der Waals surface area contributed by atoms with Crippen LogP contribution in [0.2, 0.25) is 5.02 Å². The second kappa shape index (κ2) is 6.47. The highest BCUT2D eigenvalue weighted by molar-refractivity contribution is 8.08. The maximum Gasteiger partial charge on any atom is 0.308 e. The molecule has 0 saturated carbocycles. The van der Waals surface area contributed by atoms with Crippen LogP contribution in [0, 0.1) is 0 Å². The van der Waals surface area contributed by atoms with Crippen molar-refractivity contribution in [3.63, 3.8) is 0 Å². The van der Waals surface area contributed by atoms with Crippen molar-refractivity contribution in [1.82, 2.24) is 4.57 Å². The number of esters is 1. The van der Waals surface area contributed by atoms with E-state index in [1.165, 1.54) is 6.92 Å². The first-order valence-electron chi connectivity index (χ1n) is 7.77. The number of nitrogens with zero attached hydrogens (tertiary/aromatic N) is 1. The first-order chi connectivity index (χ1) is 12.1. The number of thioether (sulfide) groups is 1. The van der Waals surface area contributed by atoms with Gasteiger partial charge in [-0.3, -0.25) is 4.79 Å². The number of carbonyl (C=O) groups excluding carboxylic acids is 1. The molecule has 5 heteroatoms. The van der Waals surface area contributed by atoms with Gasteiger partial charge < -0.3 is 9.30 Å². The van der Waals surface area contributed by atoms with E-state index in [9.17, 15) is 4.79 Å². The molecular weight excluding hydrogens is 354 g/mol. The Morgan fingerprint density at radius 2 is 1.88 bits per heavy atom. The molecule has 3 nitrogen and oxygen atoms in total. The number of benzene rings is 2. The summed E-state index contributed by atoms with van der Waals surface area (Å²) in [5.74, 6) is 0.210. The summed E-state index contributed by atoms with van der Waals surface area (Å²) < 4.78 is 7.67. The van der Waals surface area contributed by atoms with Gasteiger partial charge in [-0.15, -0.1) is 0 Å². The zero-order valence-electron chi connectivity index (χ0n) is 13.4. The molecule has 2 aromatic carbocycles. The molecule has 1 aromatic heterocycles. The van der Waals surface area contributed by atoms with Crippen LogP contribution in [0.5, 0.6) is 0 Å². The quantitative estimate of drug-likeness (QED) is 0.550. The minimum Gasteiger partial charge on any atom is -0.423 e. The van der Waals surface area contributed by atoms with Gasteiger partial charge in [0.1, 0.15) is 0 Å². The summed E-state index contributed by atoms with van der Waals surface area (Å²) in [6.07, 6.45) is 1.96. The number of ether oxygens (including phenoxy) is 1. The standard InChI is InChI=1S/C20H14ClNO2S/c1-13(23)24-19-17-8-5-11-22(17)16-10-9-15(21)12-18(16)25-20(19)14-6-3-2-4-7-14/h2-12H,1H3. The van der Waals surface area contributed by atoms with Crippen LogP contribution in [0.25, 0.3) is 16.4 Å². The fraction of sp³-hybridized carbons (Fsp3) is 0.0500. The average molecular weight is 368 g/mol. The third-order valence-electron chi connectivity index (χ3n) is 3.86. The number of rotatable bonds is 2. The molecule has 3 aromatic rings. The summed E-state index contributed by atoms with van der Waals surface area (Å²) in [6, 6.07) is 19.6. The molecular formula is C20H14ClNO2S. The number of halogens is 1. The van der Waals surface area contributed by atoms with E-state index in [1.807, 2.05) is 71.4 Å². The van der Waals surface area contributed by atoms with Gasteiger partial charge in [-0.1, -0.05) is 53.7 Å². The first kappa shape index (κ1) is 16.1. The SMILES string of the molecule is CC(=O)OC1=C(c2ccccc2)Sc2cc(Cl)ccc2-n2cccc21. The molecule has 0 bridgehead atoms. The average Bonchev–Trinajstić information content (AvgIpc) is 3.04. The Morgan fingerprint density at radius 3 is 2.64 bits per heavy atom. The number of fused-ring (bicyclic) bond motifs is 3. The number of hydrogen-bond acceptors (Lipinski definition) is 3. The minimum absolute atomic E-state index is 0.347. The molecule has 25 heavy (non-hydrogen) atoms. The molecule has 0 fully saturated rings. The predicted molar refractivity (Wildman–Crippen MR) is 102 cm³/mol. The van der Waals surface area contributed by atoms with Crippen LogP contribution in [0.1, 0.15) is 18.2 Å². The third-order valence-corrected chi connectivity index (χ3v) is 5.27. The van der Waals surface area contributed by atoms with Gasteiger partial charge in [-0.05, 0) is 35.9 Å². The van der Waals surface area contributed by atoms with E-state index in [0.29, 0.717) is 10.8 Å². The first-order valence-corrected chi connectivity index (χ1v) is 8.96. The smallest absolute Gasteiger partial charge is 0.308 e. The van der Waals surface area contributed by atoms with E-state index in [2.05, 4.69) is 0 Å². The lowest BCUT2D eigenvalue weighted by Gasteiger charge is -2.12. The summed E-state index contributed by atoms with van der Waals surface area (Å²) in [4.78, 5) is 13.7. The Kier molecular flexibility index (Phi) is 4.15. The van der Waals surface area contributed by atoms with Crippen LogP contribution < -0.4 is 0 Å². The zero-order valence-corrected chi connectivity index (χ0v) is 15.0. The summed E-state index contributed by atoms with van der Waals surface area (Å²) in [5, 5.41) is 0.670. The minimum atomic E-state index is -0.347. The van der Waals surface area contributed by atoms with Crippen molar-refractivity contribution >= 4 is 40.0 Å². The lowest BCUT2D eigenvalue weighted by Crippen LogP contribution is -2.04. The fourth-order valence-electron chi connectivity index (χ4n) is 2.84. The summed E-state index contributed by atoms with van der Waals surface area (Å²) in [5.41, 5.74) is 2.83. The van der Waals surface area contributed by atoms with Gasteiger partial charge in [0.2, 0.25) is 0 Å². The second-order valence-corrected chi connectivity index (χ2v) is 7.08. The van der Waals surface area contributed by atoms with E-state index >= 15 is 0 Å². The highest BCUT2D eigenvalue weighted by Crippen LogP contribution is 2.46. The Balaban J connectivity index is 2.02. The molecule has 4 rings (SSSR count). The summed E-state index contributed by atoms with van der Waals surface area (Å²) in [7, 11) is 0. The van der Waals surface area contributed by atoms with Crippen molar-refractivity contribution < 1.29 is 9.53 Å². The lowest BCUT2D eigenvalue weighted by atomic mass is 10.1. The van der Waals surface area contributed by atoms with Gasteiger partial charge in [-0.2, -0.15) is 0 Å². The highest BCUT2D eigenvalue weighted by Gasteiger charge is 2.25. The molecule has 0 amide bonds. The monoisotopic (exact) mass is 367 g/mol. The number of carbonyl (C=O) groups is 1. The van der Waals surface area contributed by atoms with Crippen molar-refractivity contribution in [3.05, 3.63) is 83.1 Å². The van der Waals surface area contributed by atoms with Crippen LogP contribution in [0.4, 0.5) is 0 Å². The maximum atomic E-state index is 11.8. The summed E-state index contributed by atoms with van der Waals surface area (Å²) >= 11 is 7.77. The van der Waals surface area contributed by atoms with E-state index in [4.69, 9.17) is 16.3 Å². The third kappa shape index (κ3) is 2.99. The van der Waals surface area contributed by atoms with Gasteiger partial charge in [0.25, 0.3) is 0 Å². The Morgan fingerprint density at radius 1 is 1.08 bits per heavy atom. The van der Waals surface area contributed by atoms with Crippen molar-refractivity contribution in [2.45, 2.75) is 11.8 Å². The van der Waals surface area contributed by atoms with Gasteiger partial charge in [-0.25, -0.2) is 0 Å². The van der Waals surface area contributed by atoms with Crippen molar-refractivity contribution in [2.75, 3.05) is 0 Å². The van der Waals surface area contributed by atoms with Crippen molar-refractivity contribution in [2.24, 2.45) is 0 Å². The van der Waals surface area contributed by atoms with Crippen LogP contribution in [-0.2, 0) is 9.53 Å². The molecule has 0 saturated heterocycles. The van der Waals surface area contributed by atoms with Gasteiger partial charge in [0.05, 0.1) is 16.3 Å². The lowest BCUT2D eigenvalue weighted by molar-refractivity contribution is -0.134. The van der Waals surface area contributed by atoms with Crippen molar-refractivity contribution in [3.8, 4) is 5.69 Å². The number of hydrogen-bond donors (Lipinski definition) is 0.